The van der Waals surface area contributed by atoms with Crippen molar-refractivity contribution < 1.29 is 9.59 Å². The van der Waals surface area contributed by atoms with Crippen molar-refractivity contribution in [3.63, 3.8) is 0 Å². The van der Waals surface area contributed by atoms with Gasteiger partial charge in [0.15, 0.2) is 11.6 Å². The molecule has 0 spiro atoms. The first-order valence-electron chi connectivity index (χ1n) is 8.57. The molecule has 2 heterocycles. The van der Waals surface area contributed by atoms with Crippen LogP contribution in [0, 0.1) is 0 Å². The van der Waals surface area contributed by atoms with Gasteiger partial charge in [0.05, 0.1) is 16.8 Å². The van der Waals surface area contributed by atoms with Crippen molar-refractivity contribution in [1.82, 2.24) is 4.40 Å². The van der Waals surface area contributed by atoms with Gasteiger partial charge in [-0.05, 0) is 42.0 Å². The molecule has 0 aliphatic rings. The lowest BCUT2D eigenvalue weighted by Crippen LogP contribution is -2.03. The number of pyridine rings is 1. The fourth-order valence-electron chi connectivity index (χ4n) is 3.42. The zero-order valence-electron chi connectivity index (χ0n) is 14.6. The topological polar surface area (TPSA) is 38.5 Å². The van der Waals surface area contributed by atoms with Crippen molar-refractivity contribution in [1.29, 1.82) is 0 Å². The van der Waals surface area contributed by atoms with E-state index in [1.807, 2.05) is 54.7 Å². The lowest BCUT2D eigenvalue weighted by molar-refractivity contribution is 0.101. The summed E-state index contributed by atoms with van der Waals surface area (Å²) in [6.07, 6.45) is 1.82. The third kappa shape index (κ3) is 2.96. The summed E-state index contributed by atoms with van der Waals surface area (Å²) in [7, 11) is 0. The Kier molecular flexibility index (Phi) is 4.38. The molecule has 2 aromatic carbocycles. The molecule has 0 saturated carbocycles. The van der Waals surface area contributed by atoms with E-state index in [1.165, 1.54) is 6.92 Å². The van der Waals surface area contributed by atoms with E-state index in [4.69, 9.17) is 11.6 Å². The van der Waals surface area contributed by atoms with Gasteiger partial charge >= 0.3 is 0 Å². The van der Waals surface area contributed by atoms with Crippen molar-refractivity contribution in [2.24, 2.45) is 0 Å². The third-order valence-electron chi connectivity index (χ3n) is 4.57. The van der Waals surface area contributed by atoms with Crippen molar-refractivity contribution in [2.45, 2.75) is 6.92 Å². The van der Waals surface area contributed by atoms with Crippen LogP contribution in [0.3, 0.4) is 0 Å². The second kappa shape index (κ2) is 6.86. The van der Waals surface area contributed by atoms with E-state index in [0.717, 1.165) is 5.56 Å². The highest BCUT2D eigenvalue weighted by molar-refractivity contribution is 6.30. The van der Waals surface area contributed by atoms with Crippen LogP contribution >= 0.6 is 11.6 Å². The number of ketones is 2. The Bertz CT molecular complexity index is 1160. The van der Waals surface area contributed by atoms with E-state index in [-0.39, 0.29) is 11.6 Å². The van der Waals surface area contributed by atoms with Gasteiger partial charge in [0.1, 0.15) is 0 Å². The van der Waals surface area contributed by atoms with E-state index in [0.29, 0.717) is 32.9 Å². The number of halogens is 1. The van der Waals surface area contributed by atoms with Crippen LogP contribution in [0.1, 0.15) is 33.3 Å². The first-order chi connectivity index (χ1) is 13.1. The smallest absolute Gasteiger partial charge is 0.195 e. The third-order valence-corrected chi connectivity index (χ3v) is 4.83. The second-order valence-corrected chi connectivity index (χ2v) is 6.75. The molecule has 0 saturated heterocycles. The second-order valence-electron chi connectivity index (χ2n) is 6.31. The van der Waals surface area contributed by atoms with Crippen LogP contribution in [0.5, 0.6) is 0 Å². The standard InChI is InChI=1S/C23H16ClNO2/c1-15(26)22-20(16-7-3-2-4-8-16)21(19-9-5-6-14-25(19)22)23(27)17-10-12-18(24)13-11-17/h2-14H,1H3. The number of hydrogen-bond acceptors (Lipinski definition) is 2. The highest BCUT2D eigenvalue weighted by Gasteiger charge is 2.26. The van der Waals surface area contributed by atoms with Gasteiger partial charge < -0.3 is 4.40 Å². The molecule has 0 amide bonds. The maximum Gasteiger partial charge on any atom is 0.195 e. The molecule has 0 aliphatic carbocycles. The predicted octanol–water partition coefficient (Wildman–Crippen LogP) is 5.69. The Labute approximate surface area is 161 Å². The molecule has 27 heavy (non-hydrogen) atoms. The molecular formula is C23H16ClNO2. The summed E-state index contributed by atoms with van der Waals surface area (Å²) in [5.41, 5.74) is 3.77. The first-order valence-corrected chi connectivity index (χ1v) is 8.95. The maximum absolute atomic E-state index is 13.4. The lowest BCUT2D eigenvalue weighted by atomic mass is 9.94. The number of hydrogen-bond donors (Lipinski definition) is 0. The van der Waals surface area contributed by atoms with E-state index >= 15 is 0 Å². The highest BCUT2D eigenvalue weighted by atomic mass is 35.5. The zero-order valence-corrected chi connectivity index (χ0v) is 15.4. The molecule has 2 aromatic heterocycles. The molecule has 0 aliphatic heterocycles. The Hall–Kier alpha value is -3.17. The Morgan fingerprint density at radius 2 is 1.52 bits per heavy atom. The number of rotatable bonds is 4. The average molecular weight is 374 g/mol. The maximum atomic E-state index is 13.4. The van der Waals surface area contributed by atoms with Gasteiger partial charge in [0, 0.05) is 29.3 Å². The summed E-state index contributed by atoms with van der Waals surface area (Å²) in [5.74, 6) is -0.230. The van der Waals surface area contributed by atoms with E-state index in [2.05, 4.69) is 0 Å². The van der Waals surface area contributed by atoms with Crippen LogP contribution in [0.2, 0.25) is 5.02 Å². The Balaban J connectivity index is 2.08. The fourth-order valence-corrected chi connectivity index (χ4v) is 3.54. The molecule has 132 valence electrons. The SMILES string of the molecule is CC(=O)c1c(-c2ccccc2)c(C(=O)c2ccc(Cl)cc2)c2ccccn12. The summed E-state index contributed by atoms with van der Waals surface area (Å²) in [6.45, 7) is 1.53. The lowest BCUT2D eigenvalue weighted by Gasteiger charge is -2.07. The molecule has 0 atom stereocenters. The Morgan fingerprint density at radius 1 is 0.852 bits per heavy atom. The number of benzene rings is 2. The van der Waals surface area contributed by atoms with Crippen LogP contribution in [0.15, 0.2) is 79.0 Å². The fraction of sp³-hybridized carbons (Fsp3) is 0.0435. The van der Waals surface area contributed by atoms with Crippen LogP contribution < -0.4 is 0 Å². The Morgan fingerprint density at radius 3 is 2.19 bits per heavy atom. The summed E-state index contributed by atoms with van der Waals surface area (Å²) in [4.78, 5) is 26.0. The van der Waals surface area contributed by atoms with Crippen molar-refractivity contribution in [2.75, 3.05) is 0 Å². The molecule has 0 N–H and O–H groups in total. The molecule has 4 aromatic rings. The van der Waals surface area contributed by atoms with Crippen molar-refractivity contribution in [3.8, 4) is 11.1 Å². The molecule has 0 fully saturated rings. The predicted molar refractivity (Wildman–Crippen MR) is 108 cm³/mol. The molecule has 4 rings (SSSR count). The zero-order chi connectivity index (χ0) is 19.0. The monoisotopic (exact) mass is 373 g/mol. The van der Waals surface area contributed by atoms with Gasteiger partial charge in [-0.15, -0.1) is 0 Å². The van der Waals surface area contributed by atoms with Gasteiger partial charge in [-0.25, -0.2) is 0 Å². The molecule has 4 heteroatoms. The van der Waals surface area contributed by atoms with Crippen LogP contribution in [0.25, 0.3) is 16.6 Å². The summed E-state index contributed by atoms with van der Waals surface area (Å²) < 4.78 is 1.80. The minimum atomic E-state index is -0.137. The van der Waals surface area contributed by atoms with Crippen molar-refractivity contribution in [3.05, 3.63) is 101 Å². The van der Waals surface area contributed by atoms with E-state index in [1.54, 1.807) is 28.7 Å². The normalized spacial score (nSPS) is 10.9. The number of fused-ring (bicyclic) bond motifs is 1. The molecule has 0 radical (unpaired) electrons. The van der Waals surface area contributed by atoms with E-state index < -0.39 is 0 Å². The summed E-state index contributed by atoms with van der Waals surface area (Å²) in [6, 6.07) is 21.9. The van der Waals surface area contributed by atoms with Gasteiger partial charge in [0.25, 0.3) is 0 Å². The number of nitrogens with zero attached hydrogens (tertiary/aromatic N) is 1. The molecule has 3 nitrogen and oxygen atoms in total. The van der Waals surface area contributed by atoms with E-state index in [9.17, 15) is 9.59 Å². The van der Waals surface area contributed by atoms with Gasteiger partial charge in [0.2, 0.25) is 0 Å². The number of carbonyl (C=O) groups is 2. The summed E-state index contributed by atoms with van der Waals surface area (Å²) >= 11 is 5.97. The van der Waals surface area contributed by atoms with Gasteiger partial charge in [-0.2, -0.15) is 0 Å². The first kappa shape index (κ1) is 17.3. The molecule has 0 unspecified atom stereocenters. The van der Waals surface area contributed by atoms with Crippen LogP contribution in [0.4, 0.5) is 0 Å². The van der Waals surface area contributed by atoms with Gasteiger partial charge in [-0.3, -0.25) is 9.59 Å². The number of carbonyl (C=O) groups excluding carboxylic acids is 2. The minimum Gasteiger partial charge on any atom is -0.313 e. The van der Waals surface area contributed by atoms with Crippen LogP contribution in [-0.2, 0) is 0 Å². The largest absolute Gasteiger partial charge is 0.313 e. The minimum absolute atomic E-state index is 0.0924. The molecule has 0 bridgehead atoms. The number of aromatic nitrogens is 1. The molecular weight excluding hydrogens is 358 g/mol. The quantitative estimate of drug-likeness (QED) is 0.431. The van der Waals surface area contributed by atoms with Gasteiger partial charge in [-0.1, -0.05) is 48.0 Å². The highest BCUT2D eigenvalue weighted by Crippen LogP contribution is 2.35. The van der Waals surface area contributed by atoms with Crippen molar-refractivity contribution >= 4 is 28.7 Å². The van der Waals surface area contributed by atoms with Crippen LogP contribution in [-0.4, -0.2) is 16.0 Å². The summed E-state index contributed by atoms with van der Waals surface area (Å²) in [5, 5.41) is 0.570. The number of Topliss-reactive ketones (excluding diaryl/α,β-unsaturated/α-hetero) is 1. The average Bonchev–Trinajstić information content (AvgIpc) is 3.04.